The molecule has 4 amide bonds. The Morgan fingerprint density at radius 3 is 1.89 bits per heavy atom. The molecule has 0 bridgehead atoms. The first kappa shape index (κ1) is 16.5. The van der Waals surface area contributed by atoms with Crippen molar-refractivity contribution < 1.29 is 9.59 Å². The van der Waals surface area contributed by atoms with E-state index >= 15 is 0 Å². The highest BCUT2D eigenvalue weighted by Crippen LogP contribution is 2.16. The van der Waals surface area contributed by atoms with Gasteiger partial charge in [-0.25, -0.2) is 21.3 Å². The third kappa shape index (κ3) is 4.38. The molecule has 18 heavy (non-hydrogen) atoms. The van der Waals surface area contributed by atoms with E-state index in [4.69, 9.17) is 23.2 Å². The van der Waals surface area contributed by atoms with Crippen molar-refractivity contribution >= 4 is 12.1 Å². The van der Waals surface area contributed by atoms with Gasteiger partial charge in [-0.05, 0) is 25.7 Å². The minimum Gasteiger partial charge on any atom is -0.350 e. The molecule has 8 nitrogen and oxygen atoms in total. The van der Waals surface area contributed by atoms with Gasteiger partial charge < -0.3 is 11.5 Å². The standard InChI is InChI=1S/C10H23N6O2/c1-3-5-6-8(16(14)10(12)18)7(4-2)15(13)9(11)17/h3,7-8H,4-6,13-14H2,1-2H3,(H2,11,17)(H2,12,18). The second-order valence-electron chi connectivity index (χ2n) is 4.02. The number of carbonyl (C=O) groups is 2. The average molecular weight is 259 g/mol. The second kappa shape index (κ2) is 7.72. The van der Waals surface area contributed by atoms with Crippen molar-refractivity contribution in [1.82, 2.24) is 10.0 Å². The molecule has 105 valence electrons. The fourth-order valence-corrected chi connectivity index (χ4v) is 1.84. The lowest BCUT2D eigenvalue weighted by molar-refractivity contribution is 0.105. The molecule has 0 aromatic carbocycles. The predicted octanol–water partition coefficient (Wildman–Crippen LogP) is -0.353. The van der Waals surface area contributed by atoms with Crippen LogP contribution in [0.4, 0.5) is 9.59 Å². The molecular formula is C10H23N6O2. The van der Waals surface area contributed by atoms with Crippen LogP contribution >= 0.6 is 0 Å². The third-order valence-corrected chi connectivity index (χ3v) is 2.84. The number of urea groups is 2. The van der Waals surface area contributed by atoms with Crippen LogP contribution in [0.25, 0.3) is 0 Å². The number of hydrogen-bond acceptors (Lipinski definition) is 4. The number of primary amides is 2. The Morgan fingerprint density at radius 1 is 1.11 bits per heavy atom. The highest BCUT2D eigenvalue weighted by atomic mass is 16.2. The smallest absolute Gasteiger partial charge is 0.329 e. The summed E-state index contributed by atoms with van der Waals surface area (Å²) in [6.45, 7) is 3.71. The van der Waals surface area contributed by atoms with E-state index in [9.17, 15) is 9.59 Å². The molecule has 1 radical (unpaired) electrons. The van der Waals surface area contributed by atoms with Crippen molar-refractivity contribution in [3.05, 3.63) is 6.42 Å². The molecule has 8 heteroatoms. The maximum Gasteiger partial charge on any atom is 0.329 e. The lowest BCUT2D eigenvalue weighted by atomic mass is 9.99. The van der Waals surface area contributed by atoms with Gasteiger partial charge in [0, 0.05) is 0 Å². The van der Waals surface area contributed by atoms with Crippen LogP contribution in [0, 0.1) is 6.42 Å². The summed E-state index contributed by atoms with van der Waals surface area (Å²) in [6.07, 6.45) is 3.71. The van der Waals surface area contributed by atoms with Gasteiger partial charge in [0.15, 0.2) is 0 Å². The van der Waals surface area contributed by atoms with Gasteiger partial charge in [-0.1, -0.05) is 13.8 Å². The number of hydrazine groups is 2. The highest BCUT2D eigenvalue weighted by molar-refractivity contribution is 5.73. The Morgan fingerprint density at radius 2 is 1.56 bits per heavy atom. The summed E-state index contributed by atoms with van der Waals surface area (Å²) in [7, 11) is 0. The molecule has 0 rings (SSSR count). The van der Waals surface area contributed by atoms with Crippen LogP contribution in [-0.4, -0.2) is 34.2 Å². The Balaban J connectivity index is 4.99. The molecule has 0 saturated carbocycles. The minimum absolute atomic E-state index is 0.471. The summed E-state index contributed by atoms with van der Waals surface area (Å²) in [4.78, 5) is 22.3. The van der Waals surface area contributed by atoms with Crippen molar-refractivity contribution in [2.75, 3.05) is 0 Å². The van der Waals surface area contributed by atoms with E-state index in [1.807, 2.05) is 20.3 Å². The van der Waals surface area contributed by atoms with E-state index in [-0.39, 0.29) is 0 Å². The Bertz CT molecular complexity index is 286. The van der Waals surface area contributed by atoms with E-state index < -0.39 is 24.1 Å². The fraction of sp³-hybridized carbons (Fsp3) is 0.700. The van der Waals surface area contributed by atoms with Crippen LogP contribution in [0.2, 0.25) is 0 Å². The Labute approximate surface area is 107 Å². The van der Waals surface area contributed by atoms with Crippen molar-refractivity contribution in [2.24, 2.45) is 23.2 Å². The van der Waals surface area contributed by atoms with Crippen LogP contribution in [0.1, 0.15) is 33.1 Å². The molecule has 0 aromatic rings. The Kier molecular flexibility index (Phi) is 7.06. The zero-order valence-corrected chi connectivity index (χ0v) is 10.9. The summed E-state index contributed by atoms with van der Waals surface area (Å²) in [6, 6.07) is -2.49. The van der Waals surface area contributed by atoms with Crippen LogP contribution in [-0.2, 0) is 0 Å². The van der Waals surface area contributed by atoms with E-state index in [0.29, 0.717) is 12.8 Å². The zero-order chi connectivity index (χ0) is 14.3. The molecule has 0 spiro atoms. The van der Waals surface area contributed by atoms with Gasteiger partial charge in [-0.3, -0.25) is 10.0 Å². The second-order valence-corrected chi connectivity index (χ2v) is 4.02. The lowest BCUT2D eigenvalue weighted by Gasteiger charge is -2.36. The maximum absolute atomic E-state index is 11.2. The highest BCUT2D eigenvalue weighted by Gasteiger charge is 2.31. The van der Waals surface area contributed by atoms with Crippen LogP contribution in [0.15, 0.2) is 0 Å². The number of rotatable bonds is 7. The first-order valence-electron chi connectivity index (χ1n) is 5.81. The molecule has 2 atom stereocenters. The van der Waals surface area contributed by atoms with Gasteiger partial charge in [0.2, 0.25) is 0 Å². The van der Waals surface area contributed by atoms with Crippen LogP contribution < -0.4 is 23.2 Å². The molecule has 0 aliphatic heterocycles. The first-order chi connectivity index (χ1) is 8.36. The Hall–Kier alpha value is -1.54. The molecule has 0 heterocycles. The molecule has 2 unspecified atom stereocenters. The number of amides is 4. The van der Waals surface area contributed by atoms with Crippen LogP contribution in [0.3, 0.4) is 0 Å². The summed E-state index contributed by atoms with van der Waals surface area (Å²) in [5.41, 5.74) is 10.3. The van der Waals surface area contributed by atoms with Crippen molar-refractivity contribution in [2.45, 2.75) is 45.2 Å². The van der Waals surface area contributed by atoms with Gasteiger partial charge in [0.25, 0.3) is 0 Å². The summed E-state index contributed by atoms with van der Waals surface area (Å²) < 4.78 is 0. The van der Waals surface area contributed by atoms with Gasteiger partial charge in [0.1, 0.15) is 0 Å². The number of nitrogens with zero attached hydrogens (tertiary/aromatic N) is 2. The van der Waals surface area contributed by atoms with E-state index in [2.05, 4.69) is 0 Å². The van der Waals surface area contributed by atoms with E-state index in [1.165, 1.54) is 0 Å². The van der Waals surface area contributed by atoms with Crippen molar-refractivity contribution in [1.29, 1.82) is 0 Å². The molecule has 0 aliphatic rings. The molecule has 0 fully saturated rings. The maximum atomic E-state index is 11.2. The number of unbranched alkanes of at least 4 members (excludes halogenated alkanes) is 1. The molecule has 8 N–H and O–H groups in total. The SMILES string of the molecule is C[CH]CCC(C(CC)N(N)C(N)=O)N(N)C(N)=O. The van der Waals surface area contributed by atoms with Gasteiger partial charge in [-0.2, -0.15) is 0 Å². The third-order valence-electron chi connectivity index (χ3n) is 2.84. The minimum atomic E-state index is -0.773. The topological polar surface area (TPSA) is 145 Å². The quantitative estimate of drug-likeness (QED) is 0.281. The van der Waals surface area contributed by atoms with Gasteiger partial charge >= 0.3 is 12.1 Å². The lowest BCUT2D eigenvalue weighted by Crippen LogP contribution is -2.61. The summed E-state index contributed by atoms with van der Waals surface area (Å²) in [5.74, 6) is 11.2. The van der Waals surface area contributed by atoms with Crippen molar-refractivity contribution in [3.63, 3.8) is 0 Å². The van der Waals surface area contributed by atoms with Gasteiger partial charge in [0.05, 0.1) is 12.1 Å². The normalized spacial score (nSPS) is 13.8. The molecular weight excluding hydrogens is 236 g/mol. The van der Waals surface area contributed by atoms with E-state index in [1.54, 1.807) is 0 Å². The summed E-state index contributed by atoms with van der Waals surface area (Å²) >= 11 is 0. The molecule has 0 aromatic heterocycles. The molecule has 0 saturated heterocycles. The summed E-state index contributed by atoms with van der Waals surface area (Å²) in [5, 5.41) is 1.80. The van der Waals surface area contributed by atoms with Crippen LogP contribution in [0.5, 0.6) is 0 Å². The number of hydrogen-bond donors (Lipinski definition) is 4. The van der Waals surface area contributed by atoms with Crippen molar-refractivity contribution in [3.8, 4) is 0 Å². The number of carbonyl (C=O) groups excluding carboxylic acids is 2. The van der Waals surface area contributed by atoms with Gasteiger partial charge in [-0.15, -0.1) is 0 Å². The monoisotopic (exact) mass is 259 g/mol. The first-order valence-corrected chi connectivity index (χ1v) is 5.81. The largest absolute Gasteiger partial charge is 0.350 e. The predicted molar refractivity (Wildman–Crippen MR) is 68.3 cm³/mol. The fourth-order valence-electron chi connectivity index (χ4n) is 1.84. The average Bonchev–Trinajstić information content (AvgIpc) is 2.32. The number of nitrogens with two attached hydrogens (primary N) is 4. The zero-order valence-electron chi connectivity index (χ0n) is 10.9. The molecule has 0 aliphatic carbocycles. The van der Waals surface area contributed by atoms with E-state index in [0.717, 1.165) is 16.4 Å².